The van der Waals surface area contributed by atoms with Crippen LogP contribution in [0.2, 0.25) is 0 Å². The average Bonchev–Trinajstić information content (AvgIpc) is 2.55. The van der Waals surface area contributed by atoms with Crippen molar-refractivity contribution >= 4 is 0 Å². The Morgan fingerprint density at radius 1 is 0.750 bits per heavy atom. The van der Waals surface area contributed by atoms with Crippen molar-refractivity contribution in [3.05, 3.63) is 72.8 Å². The number of nitrogens with zero attached hydrogens (tertiary/aromatic N) is 3. The summed E-state index contributed by atoms with van der Waals surface area (Å²) in [6.07, 6.45) is 5.07. The maximum atomic E-state index is 9.27. The summed E-state index contributed by atoms with van der Waals surface area (Å²) in [7, 11) is 0. The van der Waals surface area contributed by atoms with Gasteiger partial charge in [0.1, 0.15) is 6.33 Å². The van der Waals surface area contributed by atoms with Gasteiger partial charge < -0.3 is 0 Å². The Balaban J connectivity index is 2.24. The second-order valence-electron chi connectivity index (χ2n) is 4.33. The molecule has 0 aliphatic rings. The Morgan fingerprint density at radius 2 is 1.35 bits per heavy atom. The molecule has 0 aliphatic carbocycles. The number of nitriles is 1. The summed E-state index contributed by atoms with van der Waals surface area (Å²) >= 11 is 0. The summed E-state index contributed by atoms with van der Waals surface area (Å²) in [5.74, 6) is 0. The zero-order valence-corrected chi connectivity index (χ0v) is 10.7. The Labute approximate surface area is 117 Å². The molecule has 0 saturated heterocycles. The van der Waals surface area contributed by atoms with Crippen LogP contribution >= 0.6 is 0 Å². The number of rotatable bonds is 2. The smallest absolute Gasteiger partial charge is 0.115 e. The molecule has 0 atom stereocenters. The number of hydrogen-bond acceptors (Lipinski definition) is 3. The minimum Gasteiger partial charge on any atom is -0.244 e. The quantitative estimate of drug-likeness (QED) is 0.703. The molecule has 0 amide bonds. The van der Waals surface area contributed by atoms with Gasteiger partial charge in [0.25, 0.3) is 0 Å². The van der Waals surface area contributed by atoms with Crippen LogP contribution < -0.4 is 0 Å². The van der Waals surface area contributed by atoms with Crippen molar-refractivity contribution in [3.63, 3.8) is 0 Å². The molecule has 0 fully saturated rings. The maximum Gasteiger partial charge on any atom is 0.115 e. The minimum atomic E-state index is 0.664. The second-order valence-corrected chi connectivity index (χ2v) is 4.33. The van der Waals surface area contributed by atoms with Gasteiger partial charge in [0.2, 0.25) is 0 Å². The first-order chi connectivity index (χ1) is 9.90. The highest BCUT2D eigenvalue weighted by atomic mass is 14.8. The summed E-state index contributed by atoms with van der Waals surface area (Å²) in [4.78, 5) is 8.12. The molecule has 0 unspecified atom stereocenters. The van der Waals surface area contributed by atoms with Gasteiger partial charge in [0.15, 0.2) is 0 Å². The maximum absolute atomic E-state index is 9.27. The summed E-state index contributed by atoms with van der Waals surface area (Å²) < 4.78 is 0. The van der Waals surface area contributed by atoms with Gasteiger partial charge in [-0.25, -0.2) is 9.97 Å². The van der Waals surface area contributed by atoms with Crippen molar-refractivity contribution in [1.29, 1.82) is 5.26 Å². The van der Waals surface area contributed by atoms with E-state index in [1.165, 1.54) is 6.33 Å². The van der Waals surface area contributed by atoms with Crippen LogP contribution in [0, 0.1) is 11.3 Å². The lowest BCUT2D eigenvalue weighted by atomic mass is 9.93. The lowest BCUT2D eigenvalue weighted by molar-refractivity contribution is 1.17. The third-order valence-corrected chi connectivity index (χ3v) is 3.14. The Kier molecular flexibility index (Phi) is 3.22. The standard InChI is InChI=1S/C17H11N3/c18-9-13-5-1-2-6-15(13)17-8-4-3-7-16(17)14-10-19-12-20-11-14/h1-8,10-12H. The van der Waals surface area contributed by atoms with Crippen molar-refractivity contribution in [2.24, 2.45) is 0 Å². The SMILES string of the molecule is N#Cc1ccccc1-c1ccccc1-c1cncnc1. The van der Waals surface area contributed by atoms with Gasteiger partial charge in [0, 0.05) is 23.5 Å². The zero-order chi connectivity index (χ0) is 13.8. The van der Waals surface area contributed by atoms with Crippen molar-refractivity contribution in [2.75, 3.05) is 0 Å². The highest BCUT2D eigenvalue weighted by Crippen LogP contribution is 2.32. The van der Waals surface area contributed by atoms with Crippen molar-refractivity contribution in [3.8, 4) is 28.3 Å². The molecule has 3 nitrogen and oxygen atoms in total. The molecule has 0 aliphatic heterocycles. The molecule has 2 aromatic carbocycles. The molecule has 0 saturated carbocycles. The first-order valence-electron chi connectivity index (χ1n) is 6.24. The molecule has 20 heavy (non-hydrogen) atoms. The Hall–Kier alpha value is -2.99. The van der Waals surface area contributed by atoms with Crippen LogP contribution in [0.1, 0.15) is 5.56 Å². The van der Waals surface area contributed by atoms with Crippen LogP contribution in [0.4, 0.5) is 0 Å². The van der Waals surface area contributed by atoms with Crippen LogP contribution in [0.25, 0.3) is 22.3 Å². The fraction of sp³-hybridized carbons (Fsp3) is 0. The van der Waals surface area contributed by atoms with E-state index in [1.807, 2.05) is 48.5 Å². The molecule has 1 aromatic heterocycles. The number of benzene rings is 2. The van der Waals surface area contributed by atoms with Gasteiger partial charge in [-0.05, 0) is 17.2 Å². The summed E-state index contributed by atoms with van der Waals surface area (Å²) in [5.41, 5.74) is 4.57. The lowest BCUT2D eigenvalue weighted by Gasteiger charge is -2.10. The Morgan fingerprint density at radius 3 is 2.05 bits per heavy atom. The molecule has 3 aromatic rings. The topological polar surface area (TPSA) is 49.6 Å². The average molecular weight is 257 g/mol. The van der Waals surface area contributed by atoms with Gasteiger partial charge >= 0.3 is 0 Å². The van der Waals surface area contributed by atoms with E-state index in [1.54, 1.807) is 12.4 Å². The molecule has 1 heterocycles. The van der Waals surface area contributed by atoms with Crippen LogP contribution in [0.15, 0.2) is 67.3 Å². The van der Waals surface area contributed by atoms with E-state index in [0.717, 1.165) is 22.3 Å². The molecule has 94 valence electrons. The highest BCUT2D eigenvalue weighted by molar-refractivity contribution is 5.85. The van der Waals surface area contributed by atoms with E-state index in [-0.39, 0.29) is 0 Å². The molecule has 3 rings (SSSR count). The van der Waals surface area contributed by atoms with Crippen molar-refractivity contribution < 1.29 is 0 Å². The largest absolute Gasteiger partial charge is 0.244 e. The monoisotopic (exact) mass is 257 g/mol. The first kappa shape index (κ1) is 12.1. The van der Waals surface area contributed by atoms with Crippen LogP contribution in [-0.2, 0) is 0 Å². The highest BCUT2D eigenvalue weighted by Gasteiger charge is 2.10. The molecule has 0 radical (unpaired) electrons. The van der Waals surface area contributed by atoms with Gasteiger partial charge in [0.05, 0.1) is 11.6 Å². The second kappa shape index (κ2) is 5.33. The summed E-state index contributed by atoms with van der Waals surface area (Å²) in [5, 5.41) is 9.27. The Bertz CT molecular complexity index is 773. The third kappa shape index (κ3) is 2.15. The van der Waals surface area contributed by atoms with E-state index in [9.17, 15) is 5.26 Å². The van der Waals surface area contributed by atoms with Crippen molar-refractivity contribution in [1.82, 2.24) is 9.97 Å². The number of hydrogen-bond donors (Lipinski definition) is 0. The molecular weight excluding hydrogens is 246 g/mol. The van der Waals surface area contributed by atoms with Crippen LogP contribution in [0.3, 0.4) is 0 Å². The van der Waals surface area contributed by atoms with E-state index in [0.29, 0.717) is 5.56 Å². The molecule has 3 heteroatoms. The summed E-state index contributed by atoms with van der Waals surface area (Å²) in [6.45, 7) is 0. The lowest BCUT2D eigenvalue weighted by Crippen LogP contribution is -1.89. The van der Waals surface area contributed by atoms with Crippen molar-refractivity contribution in [2.45, 2.75) is 0 Å². The van der Waals surface area contributed by atoms with Gasteiger partial charge in [-0.15, -0.1) is 0 Å². The fourth-order valence-electron chi connectivity index (χ4n) is 2.22. The van der Waals surface area contributed by atoms with E-state index in [4.69, 9.17) is 0 Å². The van der Waals surface area contributed by atoms with Crippen LogP contribution in [0.5, 0.6) is 0 Å². The van der Waals surface area contributed by atoms with E-state index < -0.39 is 0 Å². The number of aromatic nitrogens is 2. The normalized spacial score (nSPS) is 9.95. The van der Waals surface area contributed by atoms with Gasteiger partial charge in [-0.1, -0.05) is 42.5 Å². The fourth-order valence-corrected chi connectivity index (χ4v) is 2.22. The summed E-state index contributed by atoms with van der Waals surface area (Å²) in [6, 6.07) is 17.8. The zero-order valence-electron chi connectivity index (χ0n) is 10.7. The first-order valence-corrected chi connectivity index (χ1v) is 6.24. The van der Waals surface area contributed by atoms with Crippen LogP contribution in [-0.4, -0.2) is 9.97 Å². The predicted octanol–water partition coefficient (Wildman–Crippen LogP) is 3.68. The predicted molar refractivity (Wildman–Crippen MR) is 77.6 cm³/mol. The molecule has 0 spiro atoms. The van der Waals surface area contributed by atoms with Gasteiger partial charge in [-0.2, -0.15) is 5.26 Å². The minimum absolute atomic E-state index is 0.664. The van der Waals surface area contributed by atoms with E-state index in [2.05, 4.69) is 16.0 Å². The molecule has 0 N–H and O–H groups in total. The third-order valence-electron chi connectivity index (χ3n) is 3.14. The van der Waals surface area contributed by atoms with Gasteiger partial charge in [-0.3, -0.25) is 0 Å². The molecule has 0 bridgehead atoms. The van der Waals surface area contributed by atoms with E-state index >= 15 is 0 Å². The molecular formula is C17H11N3.